The zero-order valence-electron chi connectivity index (χ0n) is 8.83. The molecule has 2 nitrogen and oxygen atoms in total. The summed E-state index contributed by atoms with van der Waals surface area (Å²) in [6, 6.07) is 0. The molecule has 0 bridgehead atoms. The van der Waals surface area contributed by atoms with E-state index in [1.807, 2.05) is 0 Å². The van der Waals surface area contributed by atoms with E-state index in [-0.39, 0.29) is 12.2 Å². The van der Waals surface area contributed by atoms with Gasteiger partial charge in [0, 0.05) is 6.61 Å². The number of ether oxygens (including phenoxy) is 1. The predicted molar refractivity (Wildman–Crippen MR) is 53.7 cm³/mol. The molecule has 0 spiro atoms. The van der Waals surface area contributed by atoms with Crippen LogP contribution in [0.1, 0.15) is 46.0 Å². The van der Waals surface area contributed by atoms with Crippen molar-refractivity contribution in [1.29, 1.82) is 0 Å². The maximum Gasteiger partial charge on any atom is 0.0836 e. The van der Waals surface area contributed by atoms with Gasteiger partial charge in [0.15, 0.2) is 0 Å². The van der Waals surface area contributed by atoms with Crippen LogP contribution in [0.3, 0.4) is 0 Å². The summed E-state index contributed by atoms with van der Waals surface area (Å²) in [4.78, 5) is 0. The summed E-state index contributed by atoms with van der Waals surface area (Å²) >= 11 is 0. The Balaban J connectivity index is 2.31. The lowest BCUT2D eigenvalue weighted by Crippen LogP contribution is -2.36. The molecule has 78 valence electrons. The average molecular weight is 186 g/mol. The minimum absolute atomic E-state index is 0.107. The van der Waals surface area contributed by atoms with Crippen molar-refractivity contribution in [2.45, 2.75) is 58.2 Å². The van der Waals surface area contributed by atoms with Gasteiger partial charge in [-0.15, -0.1) is 0 Å². The zero-order chi connectivity index (χ0) is 9.68. The molecule has 1 N–H and O–H groups in total. The van der Waals surface area contributed by atoms with Gasteiger partial charge in [0.25, 0.3) is 0 Å². The van der Waals surface area contributed by atoms with Crippen LogP contribution in [-0.4, -0.2) is 23.9 Å². The van der Waals surface area contributed by atoms with E-state index in [1.54, 1.807) is 0 Å². The van der Waals surface area contributed by atoms with Gasteiger partial charge in [-0.3, -0.25) is 0 Å². The molecule has 3 atom stereocenters. The topological polar surface area (TPSA) is 29.5 Å². The summed E-state index contributed by atoms with van der Waals surface area (Å²) in [6.07, 6.45) is 5.50. The molecule has 3 unspecified atom stereocenters. The van der Waals surface area contributed by atoms with E-state index in [0.29, 0.717) is 5.92 Å². The summed E-state index contributed by atoms with van der Waals surface area (Å²) in [5.74, 6) is 0.382. The second-order valence-electron chi connectivity index (χ2n) is 4.16. The number of rotatable bonds is 4. The normalized spacial score (nSPS) is 28.4. The second-order valence-corrected chi connectivity index (χ2v) is 4.16. The van der Waals surface area contributed by atoms with E-state index in [2.05, 4.69) is 13.8 Å². The van der Waals surface area contributed by atoms with Crippen LogP contribution in [-0.2, 0) is 4.74 Å². The lowest BCUT2D eigenvalue weighted by Gasteiger charge is -2.30. The SMILES string of the molecule is CCCC(C)C(O)C1CCCCO1. The fourth-order valence-electron chi connectivity index (χ4n) is 2.03. The average Bonchev–Trinajstić information content (AvgIpc) is 2.18. The van der Waals surface area contributed by atoms with E-state index in [4.69, 9.17) is 4.74 Å². The molecule has 0 aromatic heterocycles. The van der Waals surface area contributed by atoms with Gasteiger partial charge in [0.1, 0.15) is 0 Å². The van der Waals surface area contributed by atoms with Crippen LogP contribution in [0.4, 0.5) is 0 Å². The number of aliphatic hydroxyl groups is 1. The first-order chi connectivity index (χ1) is 6.25. The first kappa shape index (κ1) is 11.0. The summed E-state index contributed by atoms with van der Waals surface area (Å²) in [5, 5.41) is 9.95. The highest BCUT2D eigenvalue weighted by molar-refractivity contribution is 4.76. The number of hydrogen-bond acceptors (Lipinski definition) is 2. The molecular formula is C11H22O2. The lowest BCUT2D eigenvalue weighted by molar-refractivity contribution is -0.0815. The smallest absolute Gasteiger partial charge is 0.0836 e. The van der Waals surface area contributed by atoms with Crippen LogP contribution in [0.15, 0.2) is 0 Å². The summed E-state index contributed by atoms with van der Waals surface area (Å²) in [6.45, 7) is 5.11. The Morgan fingerprint density at radius 1 is 1.46 bits per heavy atom. The van der Waals surface area contributed by atoms with Crippen molar-refractivity contribution in [2.24, 2.45) is 5.92 Å². The maximum atomic E-state index is 9.95. The fourth-order valence-corrected chi connectivity index (χ4v) is 2.03. The van der Waals surface area contributed by atoms with Gasteiger partial charge in [-0.1, -0.05) is 20.3 Å². The first-order valence-corrected chi connectivity index (χ1v) is 5.55. The highest BCUT2D eigenvalue weighted by Crippen LogP contribution is 2.22. The van der Waals surface area contributed by atoms with Crippen molar-refractivity contribution in [3.63, 3.8) is 0 Å². The molecule has 1 rings (SSSR count). The van der Waals surface area contributed by atoms with Crippen LogP contribution in [0.25, 0.3) is 0 Å². The Hall–Kier alpha value is -0.0800. The number of hydrogen-bond donors (Lipinski definition) is 1. The van der Waals surface area contributed by atoms with Crippen molar-refractivity contribution >= 4 is 0 Å². The Morgan fingerprint density at radius 3 is 2.77 bits per heavy atom. The van der Waals surface area contributed by atoms with Crippen LogP contribution < -0.4 is 0 Å². The highest BCUT2D eigenvalue weighted by Gasteiger charge is 2.26. The van der Waals surface area contributed by atoms with E-state index in [9.17, 15) is 5.11 Å². The molecule has 1 aliphatic rings. The molecule has 1 heterocycles. The van der Waals surface area contributed by atoms with Crippen molar-refractivity contribution in [3.8, 4) is 0 Å². The largest absolute Gasteiger partial charge is 0.390 e. The molecule has 0 radical (unpaired) electrons. The Morgan fingerprint density at radius 2 is 2.23 bits per heavy atom. The molecule has 13 heavy (non-hydrogen) atoms. The molecule has 0 saturated carbocycles. The Kier molecular flexibility index (Phi) is 4.74. The van der Waals surface area contributed by atoms with E-state index in [0.717, 1.165) is 32.3 Å². The Bertz CT molecular complexity index is 130. The predicted octanol–water partition coefficient (Wildman–Crippen LogP) is 2.35. The van der Waals surface area contributed by atoms with Crippen molar-refractivity contribution in [2.75, 3.05) is 6.61 Å². The third-order valence-electron chi connectivity index (χ3n) is 2.92. The molecule has 2 heteroatoms. The van der Waals surface area contributed by atoms with Gasteiger partial charge in [-0.25, -0.2) is 0 Å². The van der Waals surface area contributed by atoms with Crippen molar-refractivity contribution in [3.05, 3.63) is 0 Å². The molecule has 0 aliphatic carbocycles. The van der Waals surface area contributed by atoms with Crippen molar-refractivity contribution < 1.29 is 9.84 Å². The van der Waals surface area contributed by atoms with Gasteiger partial charge >= 0.3 is 0 Å². The lowest BCUT2D eigenvalue weighted by atomic mass is 9.92. The Labute approximate surface area is 81.3 Å². The van der Waals surface area contributed by atoms with E-state index < -0.39 is 0 Å². The minimum Gasteiger partial charge on any atom is -0.390 e. The molecule has 1 fully saturated rings. The molecule has 1 saturated heterocycles. The minimum atomic E-state index is -0.250. The molecule has 0 aromatic rings. The summed E-state index contributed by atoms with van der Waals surface area (Å²) < 4.78 is 5.56. The van der Waals surface area contributed by atoms with E-state index in [1.165, 1.54) is 6.42 Å². The monoisotopic (exact) mass is 186 g/mol. The summed E-state index contributed by atoms with van der Waals surface area (Å²) in [7, 11) is 0. The van der Waals surface area contributed by atoms with Gasteiger partial charge in [-0.05, 0) is 31.6 Å². The molecule has 1 aliphatic heterocycles. The van der Waals surface area contributed by atoms with Crippen LogP contribution >= 0.6 is 0 Å². The third kappa shape index (κ3) is 3.28. The van der Waals surface area contributed by atoms with Crippen molar-refractivity contribution in [1.82, 2.24) is 0 Å². The first-order valence-electron chi connectivity index (χ1n) is 5.55. The quantitative estimate of drug-likeness (QED) is 0.730. The highest BCUT2D eigenvalue weighted by atomic mass is 16.5. The number of aliphatic hydroxyl groups excluding tert-OH is 1. The zero-order valence-corrected chi connectivity index (χ0v) is 8.83. The maximum absolute atomic E-state index is 9.95. The van der Waals surface area contributed by atoms with Gasteiger partial charge < -0.3 is 9.84 Å². The second kappa shape index (κ2) is 5.61. The molecule has 0 amide bonds. The van der Waals surface area contributed by atoms with Gasteiger partial charge in [0.2, 0.25) is 0 Å². The molecule has 0 aromatic carbocycles. The van der Waals surface area contributed by atoms with Crippen LogP contribution in [0, 0.1) is 5.92 Å². The summed E-state index contributed by atoms with van der Waals surface area (Å²) in [5.41, 5.74) is 0. The molecular weight excluding hydrogens is 164 g/mol. The fraction of sp³-hybridized carbons (Fsp3) is 1.00. The van der Waals surface area contributed by atoms with Crippen LogP contribution in [0.5, 0.6) is 0 Å². The standard InChI is InChI=1S/C11H22O2/c1-3-6-9(2)11(12)10-7-4-5-8-13-10/h9-12H,3-8H2,1-2H3. The van der Waals surface area contributed by atoms with E-state index >= 15 is 0 Å². The van der Waals surface area contributed by atoms with Gasteiger partial charge in [0.05, 0.1) is 12.2 Å². The van der Waals surface area contributed by atoms with Crippen LogP contribution in [0.2, 0.25) is 0 Å². The third-order valence-corrected chi connectivity index (χ3v) is 2.92. The van der Waals surface area contributed by atoms with Gasteiger partial charge in [-0.2, -0.15) is 0 Å².